The highest BCUT2D eigenvalue weighted by molar-refractivity contribution is 7.10. The van der Waals surface area contributed by atoms with Gasteiger partial charge in [0, 0.05) is 37.6 Å². The molecule has 6 heteroatoms. The van der Waals surface area contributed by atoms with Crippen molar-refractivity contribution in [1.29, 1.82) is 0 Å². The Kier molecular flexibility index (Phi) is 5.11. The van der Waals surface area contributed by atoms with Crippen LogP contribution in [0.4, 0.5) is 0 Å². The molecule has 1 aromatic heterocycles. The second-order valence-corrected chi connectivity index (χ2v) is 6.53. The number of nitrogens with zero attached hydrogens (tertiary/aromatic N) is 2. The van der Waals surface area contributed by atoms with E-state index in [2.05, 4.69) is 38.0 Å². The number of nitrogens with one attached hydrogen (secondary N) is 2. The molecular weight excluding hydrogens is 284 g/mol. The minimum absolute atomic E-state index is 0.395. The van der Waals surface area contributed by atoms with Gasteiger partial charge in [-0.15, -0.1) is 11.3 Å². The van der Waals surface area contributed by atoms with Crippen molar-refractivity contribution in [2.75, 3.05) is 39.9 Å². The quantitative estimate of drug-likeness (QED) is 0.638. The minimum atomic E-state index is 0.395. The van der Waals surface area contributed by atoms with E-state index in [0.29, 0.717) is 12.1 Å². The Morgan fingerprint density at radius 1 is 1.48 bits per heavy atom. The predicted octanol–water partition coefficient (Wildman–Crippen LogP) is 1.45. The Morgan fingerprint density at radius 2 is 2.29 bits per heavy atom. The van der Waals surface area contributed by atoms with Crippen LogP contribution in [0, 0.1) is 0 Å². The maximum absolute atomic E-state index is 5.48. The van der Waals surface area contributed by atoms with Gasteiger partial charge in [0.05, 0.1) is 19.3 Å². The van der Waals surface area contributed by atoms with Crippen molar-refractivity contribution in [2.45, 2.75) is 24.9 Å². The minimum Gasteiger partial charge on any atom is -0.379 e. The van der Waals surface area contributed by atoms with Gasteiger partial charge in [-0.05, 0) is 24.3 Å². The second kappa shape index (κ2) is 7.24. The zero-order chi connectivity index (χ0) is 14.5. The van der Waals surface area contributed by atoms with Crippen LogP contribution in [-0.2, 0) is 4.74 Å². The average molecular weight is 308 g/mol. The van der Waals surface area contributed by atoms with Gasteiger partial charge in [0.15, 0.2) is 5.96 Å². The zero-order valence-electron chi connectivity index (χ0n) is 12.5. The fourth-order valence-corrected chi connectivity index (χ4v) is 3.45. The van der Waals surface area contributed by atoms with Crippen molar-refractivity contribution in [3.05, 3.63) is 22.4 Å². The lowest BCUT2D eigenvalue weighted by atomic mass is 10.2. The third-order valence-electron chi connectivity index (χ3n) is 3.96. The molecule has 0 bridgehead atoms. The van der Waals surface area contributed by atoms with E-state index in [-0.39, 0.29) is 0 Å². The first-order valence-corrected chi connectivity index (χ1v) is 8.57. The summed E-state index contributed by atoms with van der Waals surface area (Å²) in [7, 11) is 1.84. The number of hydrogen-bond donors (Lipinski definition) is 2. The fraction of sp³-hybridized carbons (Fsp3) is 0.667. The highest BCUT2D eigenvalue weighted by Gasteiger charge is 2.25. The van der Waals surface area contributed by atoms with Crippen molar-refractivity contribution in [3.63, 3.8) is 0 Å². The van der Waals surface area contributed by atoms with Gasteiger partial charge in [0.1, 0.15) is 0 Å². The van der Waals surface area contributed by atoms with E-state index in [0.717, 1.165) is 38.8 Å². The highest BCUT2D eigenvalue weighted by atomic mass is 32.1. The van der Waals surface area contributed by atoms with Crippen LogP contribution < -0.4 is 10.6 Å². The smallest absolute Gasteiger partial charge is 0.191 e. The number of hydrogen-bond acceptors (Lipinski definition) is 4. The van der Waals surface area contributed by atoms with Crippen molar-refractivity contribution in [3.8, 4) is 0 Å². The molecule has 2 aliphatic rings. The molecule has 1 saturated carbocycles. The summed E-state index contributed by atoms with van der Waals surface area (Å²) < 4.78 is 5.48. The molecule has 0 spiro atoms. The largest absolute Gasteiger partial charge is 0.379 e. The third-order valence-corrected chi connectivity index (χ3v) is 4.94. The molecule has 1 atom stereocenters. The van der Waals surface area contributed by atoms with Gasteiger partial charge < -0.3 is 15.4 Å². The summed E-state index contributed by atoms with van der Waals surface area (Å²) in [6, 6.07) is 5.38. The van der Waals surface area contributed by atoms with Crippen molar-refractivity contribution < 1.29 is 4.74 Å². The van der Waals surface area contributed by atoms with Crippen molar-refractivity contribution in [1.82, 2.24) is 15.5 Å². The molecule has 0 aromatic carbocycles. The van der Waals surface area contributed by atoms with Crippen LogP contribution in [0.3, 0.4) is 0 Å². The first-order chi connectivity index (χ1) is 10.4. The number of rotatable bonds is 5. The van der Waals surface area contributed by atoms with Crippen LogP contribution in [-0.4, -0.2) is 56.8 Å². The van der Waals surface area contributed by atoms with Crippen LogP contribution in [0.25, 0.3) is 0 Å². The average Bonchev–Trinajstić information content (AvgIpc) is 3.19. The molecule has 3 rings (SSSR count). The Hall–Kier alpha value is -1.11. The van der Waals surface area contributed by atoms with E-state index in [1.54, 1.807) is 0 Å². The monoisotopic (exact) mass is 308 g/mol. The number of guanidine groups is 1. The molecule has 1 aliphatic carbocycles. The fourth-order valence-electron chi connectivity index (χ4n) is 2.59. The molecule has 1 saturated heterocycles. The van der Waals surface area contributed by atoms with Crippen molar-refractivity contribution >= 4 is 17.3 Å². The van der Waals surface area contributed by atoms with Crippen LogP contribution >= 0.6 is 11.3 Å². The summed E-state index contributed by atoms with van der Waals surface area (Å²) in [6.45, 7) is 4.54. The van der Waals surface area contributed by atoms with E-state index < -0.39 is 0 Å². The molecule has 21 heavy (non-hydrogen) atoms. The lowest BCUT2D eigenvalue weighted by Gasteiger charge is -2.34. The van der Waals surface area contributed by atoms with Gasteiger partial charge in [-0.2, -0.15) is 0 Å². The molecule has 1 unspecified atom stereocenters. The molecule has 0 radical (unpaired) electrons. The van der Waals surface area contributed by atoms with Gasteiger partial charge in [0.25, 0.3) is 0 Å². The van der Waals surface area contributed by atoms with Crippen LogP contribution in [0.15, 0.2) is 22.5 Å². The number of ether oxygens (including phenoxy) is 1. The SMILES string of the molecule is CN=C(NCC(c1cccs1)N1CCOCC1)NC1CC1. The summed E-state index contributed by atoms with van der Waals surface area (Å²) in [5, 5.41) is 9.09. The lowest BCUT2D eigenvalue weighted by molar-refractivity contribution is 0.0177. The highest BCUT2D eigenvalue weighted by Crippen LogP contribution is 2.25. The van der Waals surface area contributed by atoms with E-state index in [9.17, 15) is 0 Å². The molecule has 0 amide bonds. The van der Waals surface area contributed by atoms with Gasteiger partial charge in [0.2, 0.25) is 0 Å². The number of morpholine rings is 1. The predicted molar refractivity (Wildman–Crippen MR) is 87.0 cm³/mol. The normalized spacial score (nSPS) is 22.0. The Morgan fingerprint density at radius 3 is 2.90 bits per heavy atom. The number of aliphatic imine (C=N–C) groups is 1. The lowest BCUT2D eigenvalue weighted by Crippen LogP contribution is -2.46. The Labute approximate surface area is 130 Å². The molecule has 2 heterocycles. The first kappa shape index (κ1) is 14.8. The topological polar surface area (TPSA) is 48.9 Å². The summed E-state index contributed by atoms with van der Waals surface area (Å²) in [4.78, 5) is 8.24. The molecule has 2 fully saturated rings. The van der Waals surface area contributed by atoms with Gasteiger partial charge in [-0.3, -0.25) is 9.89 Å². The van der Waals surface area contributed by atoms with Crippen molar-refractivity contribution in [2.24, 2.45) is 4.99 Å². The summed E-state index contributed by atoms with van der Waals surface area (Å²) >= 11 is 1.83. The van der Waals surface area contributed by atoms with Gasteiger partial charge >= 0.3 is 0 Å². The zero-order valence-corrected chi connectivity index (χ0v) is 13.4. The molecule has 2 N–H and O–H groups in total. The van der Waals surface area contributed by atoms with E-state index in [1.165, 1.54) is 17.7 Å². The van der Waals surface area contributed by atoms with Crippen LogP contribution in [0.2, 0.25) is 0 Å². The second-order valence-electron chi connectivity index (χ2n) is 5.55. The maximum Gasteiger partial charge on any atom is 0.191 e. The van der Waals surface area contributed by atoms with Crippen LogP contribution in [0.5, 0.6) is 0 Å². The Balaban J connectivity index is 1.61. The van der Waals surface area contributed by atoms with Gasteiger partial charge in [-0.25, -0.2) is 0 Å². The van der Waals surface area contributed by atoms with E-state index >= 15 is 0 Å². The molecule has 1 aromatic rings. The molecule has 1 aliphatic heterocycles. The maximum atomic E-state index is 5.48. The molecule has 116 valence electrons. The van der Waals surface area contributed by atoms with Gasteiger partial charge in [-0.1, -0.05) is 6.07 Å². The first-order valence-electron chi connectivity index (χ1n) is 7.69. The number of thiophene rings is 1. The van der Waals surface area contributed by atoms with E-state index in [1.807, 2.05) is 18.4 Å². The van der Waals surface area contributed by atoms with E-state index in [4.69, 9.17) is 4.74 Å². The molecule has 5 nitrogen and oxygen atoms in total. The summed E-state index contributed by atoms with van der Waals surface area (Å²) in [5.41, 5.74) is 0. The Bertz CT molecular complexity index is 452. The molecular formula is C15H24N4OS. The van der Waals surface area contributed by atoms with Crippen LogP contribution in [0.1, 0.15) is 23.8 Å². The summed E-state index contributed by atoms with van der Waals surface area (Å²) in [5.74, 6) is 0.923. The standard InChI is InChI=1S/C15H24N4OS/c1-16-15(18-12-4-5-12)17-11-13(14-3-2-10-21-14)19-6-8-20-9-7-19/h2-3,10,12-13H,4-9,11H2,1H3,(H2,16,17,18). The third kappa shape index (κ3) is 4.18. The summed E-state index contributed by atoms with van der Waals surface area (Å²) in [6.07, 6.45) is 2.52.